The minimum Gasteiger partial charge on any atom is -0.490 e. The number of fused-ring (bicyclic) bond motifs is 1. The number of halogens is 1. The Kier molecular flexibility index (Phi) is 6.70. The smallest absolute Gasteiger partial charge is 0.308 e. The lowest BCUT2D eigenvalue weighted by Crippen LogP contribution is -2.41. The second kappa shape index (κ2) is 9.83. The fraction of sp³-hybridized carbons (Fsp3) is 0.200. The third-order valence-corrected chi connectivity index (χ3v) is 5.38. The molecule has 4 rings (SSSR count). The average Bonchev–Trinajstić information content (AvgIpc) is 2.80. The van der Waals surface area contributed by atoms with Crippen molar-refractivity contribution >= 4 is 34.9 Å². The highest BCUT2D eigenvalue weighted by atomic mass is 35.5. The number of hydrogen-bond acceptors (Lipinski definition) is 6. The van der Waals surface area contributed by atoms with Crippen molar-refractivity contribution < 1.29 is 23.8 Å². The second-order valence-electron chi connectivity index (χ2n) is 7.61. The highest BCUT2D eigenvalue weighted by molar-refractivity contribution is 6.34. The monoisotopic (exact) mass is 466 g/mol. The van der Waals surface area contributed by atoms with Crippen molar-refractivity contribution in [2.45, 2.75) is 13.0 Å². The van der Waals surface area contributed by atoms with E-state index in [9.17, 15) is 9.59 Å². The summed E-state index contributed by atoms with van der Waals surface area (Å²) in [6.45, 7) is 2.39. The van der Waals surface area contributed by atoms with Crippen molar-refractivity contribution in [1.82, 2.24) is 0 Å². The third kappa shape index (κ3) is 5.56. The largest absolute Gasteiger partial charge is 0.490 e. The van der Waals surface area contributed by atoms with Crippen LogP contribution in [-0.2, 0) is 4.79 Å². The van der Waals surface area contributed by atoms with Crippen molar-refractivity contribution in [1.29, 1.82) is 0 Å². The zero-order valence-electron chi connectivity index (χ0n) is 18.2. The Balaban J connectivity index is 1.35. The number of anilines is 2. The van der Waals surface area contributed by atoms with Gasteiger partial charge in [-0.25, -0.2) is 0 Å². The number of nitrogens with zero attached hydrogens (tertiary/aromatic N) is 1. The molecular weight excluding hydrogens is 444 g/mol. The predicted octanol–water partition coefficient (Wildman–Crippen LogP) is 4.79. The average molecular weight is 467 g/mol. The molecule has 8 heteroatoms. The Morgan fingerprint density at radius 1 is 1.09 bits per heavy atom. The molecule has 1 N–H and O–H groups in total. The van der Waals surface area contributed by atoms with Crippen molar-refractivity contribution in [3.8, 4) is 17.2 Å². The summed E-state index contributed by atoms with van der Waals surface area (Å²) in [4.78, 5) is 25.9. The van der Waals surface area contributed by atoms with Crippen LogP contribution in [0.2, 0.25) is 5.02 Å². The molecule has 170 valence electrons. The normalized spacial score (nSPS) is 14.6. The van der Waals surface area contributed by atoms with E-state index in [-0.39, 0.29) is 12.0 Å². The number of rotatable bonds is 6. The Bertz CT molecular complexity index is 1170. The molecule has 0 unspecified atom stereocenters. The van der Waals surface area contributed by atoms with E-state index in [2.05, 4.69) is 10.2 Å². The van der Waals surface area contributed by atoms with Gasteiger partial charge in [0, 0.05) is 25.6 Å². The van der Waals surface area contributed by atoms with Gasteiger partial charge in [-0.2, -0.15) is 0 Å². The lowest BCUT2D eigenvalue weighted by molar-refractivity contribution is -0.131. The number of likely N-dealkylation sites (N-methyl/N-ethyl adjacent to an activating group) is 1. The number of carbonyl (C=O) groups excluding carboxylic acids is 2. The summed E-state index contributed by atoms with van der Waals surface area (Å²) < 4.78 is 16.9. The Morgan fingerprint density at radius 3 is 2.58 bits per heavy atom. The maximum absolute atomic E-state index is 12.6. The van der Waals surface area contributed by atoms with E-state index in [1.165, 1.54) is 13.0 Å². The fourth-order valence-electron chi connectivity index (χ4n) is 3.50. The summed E-state index contributed by atoms with van der Waals surface area (Å²) >= 11 is 6.16. The van der Waals surface area contributed by atoms with E-state index >= 15 is 0 Å². The summed E-state index contributed by atoms with van der Waals surface area (Å²) in [5.41, 5.74) is 1.83. The zero-order chi connectivity index (χ0) is 23.4. The first-order chi connectivity index (χ1) is 15.9. The molecule has 3 aromatic rings. The Labute approximate surface area is 196 Å². The first-order valence-corrected chi connectivity index (χ1v) is 10.8. The number of para-hydroxylation sites is 2. The van der Waals surface area contributed by atoms with Crippen molar-refractivity contribution in [2.75, 3.05) is 30.4 Å². The van der Waals surface area contributed by atoms with Gasteiger partial charge in [-0.3, -0.25) is 9.59 Å². The number of hydrogen-bond donors (Lipinski definition) is 1. The standard InChI is InChI=1S/C25H23ClN2O5/c1-16(29)32-19-11-12-21(26)22(13-19)27-25(30)17-7-9-18(10-8-17)31-15-20-14-28(2)23-5-3-4-6-24(23)33-20/h3-13,20H,14-15H2,1-2H3,(H,27,30)/t20-/m0/s1. The van der Waals surface area contributed by atoms with Gasteiger partial charge < -0.3 is 24.4 Å². The highest BCUT2D eigenvalue weighted by Gasteiger charge is 2.23. The van der Waals surface area contributed by atoms with Gasteiger partial charge in [0.1, 0.15) is 30.0 Å². The molecule has 0 saturated heterocycles. The van der Waals surface area contributed by atoms with Gasteiger partial charge in [-0.1, -0.05) is 23.7 Å². The number of amides is 1. The fourth-order valence-corrected chi connectivity index (χ4v) is 3.66. The molecule has 33 heavy (non-hydrogen) atoms. The second-order valence-corrected chi connectivity index (χ2v) is 8.02. The molecule has 0 fully saturated rings. The van der Waals surface area contributed by atoms with Crippen LogP contribution in [0.4, 0.5) is 11.4 Å². The van der Waals surface area contributed by atoms with E-state index in [4.69, 9.17) is 25.8 Å². The van der Waals surface area contributed by atoms with Crippen LogP contribution in [-0.4, -0.2) is 38.2 Å². The Hall–Kier alpha value is -3.71. The highest BCUT2D eigenvalue weighted by Crippen LogP contribution is 2.32. The summed E-state index contributed by atoms with van der Waals surface area (Å²) in [7, 11) is 2.02. The number of benzene rings is 3. The molecular formula is C25H23ClN2O5. The van der Waals surface area contributed by atoms with Crippen LogP contribution in [0.25, 0.3) is 0 Å². The number of ether oxygens (including phenoxy) is 3. The van der Waals surface area contributed by atoms with Gasteiger partial charge in [-0.15, -0.1) is 0 Å². The van der Waals surface area contributed by atoms with E-state index in [0.717, 1.165) is 11.4 Å². The minimum absolute atomic E-state index is 0.112. The SMILES string of the molecule is CC(=O)Oc1ccc(Cl)c(NC(=O)c2ccc(OC[C@@H]3CN(C)c4ccccc4O3)cc2)c1. The first-order valence-electron chi connectivity index (χ1n) is 10.4. The minimum atomic E-state index is -0.459. The maximum Gasteiger partial charge on any atom is 0.308 e. The topological polar surface area (TPSA) is 77.1 Å². The summed E-state index contributed by atoms with van der Waals surface area (Å²) in [6.07, 6.45) is -0.112. The third-order valence-electron chi connectivity index (χ3n) is 5.05. The van der Waals surface area contributed by atoms with Crippen LogP contribution < -0.4 is 24.4 Å². The molecule has 1 aliphatic heterocycles. The summed E-state index contributed by atoms with van der Waals surface area (Å²) in [5.74, 6) is 0.955. The summed E-state index contributed by atoms with van der Waals surface area (Å²) in [6, 6.07) is 19.3. The number of esters is 1. The maximum atomic E-state index is 12.6. The molecule has 0 aromatic heterocycles. The van der Waals surface area contributed by atoms with Crippen molar-refractivity contribution in [2.24, 2.45) is 0 Å². The van der Waals surface area contributed by atoms with E-state index in [1.54, 1.807) is 36.4 Å². The van der Waals surface area contributed by atoms with Crippen molar-refractivity contribution in [3.63, 3.8) is 0 Å². The first kappa shape index (κ1) is 22.5. The van der Waals surface area contributed by atoms with Crippen molar-refractivity contribution in [3.05, 3.63) is 77.3 Å². The summed E-state index contributed by atoms with van der Waals surface area (Å²) in [5, 5.41) is 3.06. The van der Waals surface area contributed by atoms with E-state index in [1.807, 2.05) is 31.3 Å². The van der Waals surface area contributed by atoms with Crippen LogP contribution in [0.1, 0.15) is 17.3 Å². The van der Waals surface area contributed by atoms with Gasteiger partial charge in [0.05, 0.1) is 22.9 Å². The quantitative estimate of drug-likeness (QED) is 0.415. The molecule has 1 heterocycles. The molecule has 1 amide bonds. The van der Waals surface area contributed by atoms with E-state index < -0.39 is 5.97 Å². The molecule has 0 saturated carbocycles. The van der Waals surface area contributed by atoms with Crippen LogP contribution in [0.15, 0.2) is 66.7 Å². The molecule has 1 aliphatic rings. The predicted molar refractivity (Wildman–Crippen MR) is 127 cm³/mol. The van der Waals surface area contributed by atoms with Crippen LogP contribution in [0.5, 0.6) is 17.2 Å². The van der Waals surface area contributed by atoms with Gasteiger partial charge in [-0.05, 0) is 48.5 Å². The molecule has 0 aliphatic carbocycles. The Morgan fingerprint density at radius 2 is 1.82 bits per heavy atom. The molecule has 0 radical (unpaired) electrons. The molecule has 7 nitrogen and oxygen atoms in total. The van der Waals surface area contributed by atoms with Gasteiger partial charge >= 0.3 is 5.97 Å². The van der Waals surface area contributed by atoms with Crippen LogP contribution in [0, 0.1) is 0 Å². The van der Waals surface area contributed by atoms with Gasteiger partial charge in [0.25, 0.3) is 5.91 Å². The van der Waals surface area contributed by atoms with Gasteiger partial charge in [0.15, 0.2) is 0 Å². The lowest BCUT2D eigenvalue weighted by Gasteiger charge is -2.33. The zero-order valence-corrected chi connectivity index (χ0v) is 19.0. The molecule has 3 aromatic carbocycles. The van der Waals surface area contributed by atoms with Crippen LogP contribution in [0.3, 0.4) is 0 Å². The van der Waals surface area contributed by atoms with E-state index in [0.29, 0.717) is 40.9 Å². The molecule has 1 atom stereocenters. The number of nitrogens with one attached hydrogen (secondary N) is 1. The molecule has 0 bridgehead atoms. The lowest BCUT2D eigenvalue weighted by atomic mass is 10.2. The molecule has 0 spiro atoms. The van der Waals surface area contributed by atoms with Crippen LogP contribution >= 0.6 is 11.6 Å². The number of carbonyl (C=O) groups is 2. The van der Waals surface area contributed by atoms with Gasteiger partial charge in [0.2, 0.25) is 0 Å².